The number of aldehydes is 1. The summed E-state index contributed by atoms with van der Waals surface area (Å²) in [4.78, 5) is 13.3. The van der Waals surface area contributed by atoms with Crippen LogP contribution in [0, 0.1) is 17.3 Å². The summed E-state index contributed by atoms with van der Waals surface area (Å²) in [5, 5.41) is 1.29. The van der Waals surface area contributed by atoms with Gasteiger partial charge in [0.1, 0.15) is 20.1 Å². The van der Waals surface area contributed by atoms with E-state index in [0.29, 0.717) is 11.8 Å². The number of hydrogen-bond donors (Lipinski definition) is 0. The van der Waals surface area contributed by atoms with Gasteiger partial charge in [-0.25, -0.2) is 0 Å². The maximum Gasteiger partial charge on any atom is 0.150 e. The molecule has 0 unspecified atom stereocenters. The van der Waals surface area contributed by atoms with Crippen molar-refractivity contribution in [1.82, 2.24) is 4.90 Å². The van der Waals surface area contributed by atoms with E-state index in [1.807, 2.05) is 24.3 Å². The van der Waals surface area contributed by atoms with Crippen molar-refractivity contribution >= 4 is 19.5 Å². The van der Waals surface area contributed by atoms with Gasteiger partial charge in [-0.15, -0.1) is 0 Å². The molecular formula is C28H37NO2Si. The Hall–Kier alpha value is -2.61. The number of carbonyl (C=O) groups excluding carboxylic acids is 1. The predicted octanol–water partition coefficient (Wildman–Crippen LogP) is 5.46. The number of benzene rings is 2. The third kappa shape index (κ3) is 8.86. The highest BCUT2D eigenvalue weighted by Crippen LogP contribution is 2.17. The first-order valence-electron chi connectivity index (χ1n) is 11.3. The van der Waals surface area contributed by atoms with E-state index in [2.05, 4.69) is 93.9 Å². The lowest BCUT2D eigenvalue weighted by Gasteiger charge is -2.24. The van der Waals surface area contributed by atoms with Gasteiger partial charge in [0.15, 0.2) is 0 Å². The van der Waals surface area contributed by atoms with Gasteiger partial charge < -0.3 is 4.74 Å². The summed E-state index contributed by atoms with van der Waals surface area (Å²) < 4.78 is 6.22. The lowest BCUT2D eigenvalue weighted by atomic mass is 9.98. The molecule has 0 atom stereocenters. The molecule has 0 saturated heterocycles. The highest BCUT2D eigenvalue weighted by Gasteiger charge is 2.24. The lowest BCUT2D eigenvalue weighted by molar-refractivity contribution is 0.112. The lowest BCUT2D eigenvalue weighted by Crippen LogP contribution is -2.47. The summed E-state index contributed by atoms with van der Waals surface area (Å²) in [5.74, 6) is 7.28. The minimum absolute atomic E-state index is 0.0333. The van der Waals surface area contributed by atoms with E-state index in [-0.39, 0.29) is 5.41 Å². The Kier molecular flexibility index (Phi) is 9.50. The molecule has 0 spiro atoms. The molecule has 2 rings (SSSR count). The first-order chi connectivity index (χ1) is 15.1. The molecule has 0 aliphatic heterocycles. The quantitative estimate of drug-likeness (QED) is 0.275. The van der Waals surface area contributed by atoms with Crippen LogP contribution in [0.25, 0.3) is 0 Å². The van der Waals surface area contributed by atoms with E-state index in [4.69, 9.17) is 4.74 Å². The van der Waals surface area contributed by atoms with E-state index >= 15 is 0 Å². The Balaban J connectivity index is 1.95. The third-order valence-electron chi connectivity index (χ3n) is 5.19. The van der Waals surface area contributed by atoms with Gasteiger partial charge in [0.2, 0.25) is 0 Å². The fraction of sp³-hybridized carbons (Fsp3) is 0.393. The van der Waals surface area contributed by atoms with Crippen LogP contribution in [-0.4, -0.2) is 38.6 Å². The Morgan fingerprint density at radius 2 is 1.81 bits per heavy atom. The fourth-order valence-electron chi connectivity index (χ4n) is 3.18. The number of ether oxygens (including phenoxy) is 1. The minimum Gasteiger partial charge on any atom is -0.497 e. The predicted molar refractivity (Wildman–Crippen MR) is 138 cm³/mol. The molecule has 0 aromatic heterocycles. The number of hydrogen-bond acceptors (Lipinski definition) is 3. The van der Waals surface area contributed by atoms with Crippen molar-refractivity contribution in [3.05, 3.63) is 71.8 Å². The Morgan fingerprint density at radius 1 is 1.09 bits per heavy atom. The van der Waals surface area contributed by atoms with E-state index in [0.717, 1.165) is 31.7 Å². The number of carbonyl (C=O) groups is 1. The van der Waals surface area contributed by atoms with Crippen molar-refractivity contribution < 1.29 is 9.53 Å². The van der Waals surface area contributed by atoms with Gasteiger partial charge in [-0.2, -0.15) is 0 Å². The van der Waals surface area contributed by atoms with Crippen LogP contribution >= 0.6 is 0 Å². The molecule has 32 heavy (non-hydrogen) atoms. The molecule has 3 nitrogen and oxygen atoms in total. The van der Waals surface area contributed by atoms with E-state index < -0.39 is 8.07 Å². The summed E-state index contributed by atoms with van der Waals surface area (Å²) in [6.45, 7) is 15.8. The second-order valence-electron chi connectivity index (χ2n) is 9.81. The Morgan fingerprint density at radius 3 is 2.44 bits per heavy atom. The van der Waals surface area contributed by atoms with Crippen LogP contribution in [0.1, 0.15) is 43.6 Å². The summed E-state index contributed by atoms with van der Waals surface area (Å²) in [5.41, 5.74) is 1.99. The monoisotopic (exact) mass is 447 g/mol. The molecular weight excluding hydrogens is 410 g/mol. The SMILES string of the molecule is CCN(C/C=C/C#CC(C)(C)C)Cc1cccc(OC[Si](C)(C)c2ccc(C=O)cc2)c1. The van der Waals surface area contributed by atoms with Crippen LogP contribution in [0.2, 0.25) is 13.1 Å². The maximum atomic E-state index is 10.9. The molecule has 2 aromatic rings. The molecule has 0 radical (unpaired) electrons. The molecule has 0 amide bonds. The molecule has 0 fully saturated rings. The largest absolute Gasteiger partial charge is 0.497 e. The van der Waals surface area contributed by atoms with Gasteiger partial charge in [-0.1, -0.05) is 79.5 Å². The maximum absolute atomic E-state index is 10.9. The van der Waals surface area contributed by atoms with Crippen LogP contribution in [-0.2, 0) is 6.54 Å². The van der Waals surface area contributed by atoms with Crippen molar-refractivity contribution in [2.24, 2.45) is 5.41 Å². The summed E-state index contributed by atoms with van der Waals surface area (Å²) >= 11 is 0. The van der Waals surface area contributed by atoms with Gasteiger partial charge in [0.25, 0.3) is 0 Å². The van der Waals surface area contributed by atoms with Crippen LogP contribution in [0.5, 0.6) is 5.75 Å². The van der Waals surface area contributed by atoms with Crippen LogP contribution in [0.15, 0.2) is 60.7 Å². The van der Waals surface area contributed by atoms with Crippen molar-refractivity contribution in [2.45, 2.75) is 47.3 Å². The standard InChI is InChI=1S/C28H37NO2Si/c1-7-29(19-10-8-9-18-28(2,3)4)21-25-12-11-13-26(20-25)31-23-32(5,6)27-16-14-24(22-30)15-17-27/h8,10-17,20,22H,7,19,21,23H2,1-6H3/b10-8+. The molecule has 0 N–H and O–H groups in total. The van der Waals surface area contributed by atoms with E-state index in [1.54, 1.807) is 0 Å². The van der Waals surface area contributed by atoms with Crippen molar-refractivity contribution in [3.8, 4) is 17.6 Å². The minimum atomic E-state index is -1.76. The summed E-state index contributed by atoms with van der Waals surface area (Å²) in [6.07, 6.45) is 5.67. The van der Waals surface area contributed by atoms with Crippen molar-refractivity contribution in [3.63, 3.8) is 0 Å². The zero-order valence-corrected chi connectivity index (χ0v) is 21.4. The number of rotatable bonds is 10. The molecule has 170 valence electrons. The number of likely N-dealkylation sites (N-methyl/N-ethyl adjacent to an activating group) is 1. The van der Waals surface area contributed by atoms with E-state index in [9.17, 15) is 4.79 Å². The highest BCUT2D eigenvalue weighted by atomic mass is 28.3. The van der Waals surface area contributed by atoms with Crippen LogP contribution < -0.4 is 9.92 Å². The fourth-order valence-corrected chi connectivity index (χ4v) is 4.94. The molecule has 4 heteroatoms. The average Bonchev–Trinajstić information content (AvgIpc) is 2.76. The summed E-state index contributed by atoms with van der Waals surface area (Å²) in [6, 6.07) is 16.3. The number of allylic oxidation sites excluding steroid dienone is 1. The van der Waals surface area contributed by atoms with Crippen LogP contribution in [0.4, 0.5) is 0 Å². The summed E-state index contributed by atoms with van der Waals surface area (Å²) in [7, 11) is -1.76. The first kappa shape index (κ1) is 25.6. The zero-order valence-electron chi connectivity index (χ0n) is 20.4. The molecule has 0 bridgehead atoms. The Bertz CT molecular complexity index is 959. The second-order valence-corrected chi connectivity index (χ2v) is 14.4. The molecule has 2 aromatic carbocycles. The van der Waals surface area contributed by atoms with E-state index in [1.165, 1.54) is 10.8 Å². The van der Waals surface area contributed by atoms with Crippen LogP contribution in [0.3, 0.4) is 0 Å². The van der Waals surface area contributed by atoms with Gasteiger partial charge in [0, 0.05) is 24.1 Å². The smallest absolute Gasteiger partial charge is 0.150 e. The topological polar surface area (TPSA) is 29.5 Å². The molecule has 0 aliphatic rings. The molecule has 0 heterocycles. The van der Waals surface area contributed by atoms with Gasteiger partial charge in [-0.05, 0) is 51.1 Å². The Labute approximate surface area is 195 Å². The molecule has 0 aliphatic carbocycles. The zero-order chi connectivity index (χ0) is 23.6. The third-order valence-corrected chi connectivity index (χ3v) is 7.95. The van der Waals surface area contributed by atoms with Crippen molar-refractivity contribution in [1.29, 1.82) is 0 Å². The van der Waals surface area contributed by atoms with Gasteiger partial charge in [-0.3, -0.25) is 9.69 Å². The number of nitrogens with zero attached hydrogens (tertiary/aromatic N) is 1. The van der Waals surface area contributed by atoms with Crippen molar-refractivity contribution in [2.75, 3.05) is 19.3 Å². The molecule has 0 saturated carbocycles. The normalized spacial score (nSPS) is 12.0. The average molecular weight is 448 g/mol. The van der Waals surface area contributed by atoms with Gasteiger partial charge >= 0.3 is 0 Å². The van der Waals surface area contributed by atoms with Gasteiger partial charge in [0.05, 0.1) is 6.23 Å². The first-order valence-corrected chi connectivity index (χ1v) is 14.5. The highest BCUT2D eigenvalue weighted by molar-refractivity contribution is 6.89. The second kappa shape index (κ2) is 11.9.